The largest absolute Gasteiger partial charge is 0.465 e. The molecule has 0 spiro atoms. The summed E-state index contributed by atoms with van der Waals surface area (Å²) >= 11 is 0. The van der Waals surface area contributed by atoms with Crippen molar-refractivity contribution in [1.82, 2.24) is 14.9 Å². The van der Waals surface area contributed by atoms with Crippen molar-refractivity contribution in [2.24, 2.45) is 0 Å². The first kappa shape index (κ1) is 12.8. The molecule has 0 saturated carbocycles. The zero-order valence-electron chi connectivity index (χ0n) is 10.8. The third-order valence-electron chi connectivity index (χ3n) is 3.16. The molecule has 1 saturated heterocycles. The van der Waals surface area contributed by atoms with Gasteiger partial charge in [-0.05, 0) is 6.54 Å². The van der Waals surface area contributed by atoms with E-state index < -0.39 is 5.97 Å². The minimum absolute atomic E-state index is 0.383. The lowest BCUT2D eigenvalue weighted by Gasteiger charge is -2.33. The number of esters is 1. The van der Waals surface area contributed by atoms with Crippen LogP contribution in [0.3, 0.4) is 0 Å². The van der Waals surface area contributed by atoms with Gasteiger partial charge in [-0.25, -0.2) is 14.8 Å². The first-order valence-corrected chi connectivity index (χ1v) is 6.12. The van der Waals surface area contributed by atoms with Gasteiger partial charge < -0.3 is 14.5 Å². The Hall–Kier alpha value is -1.69. The molecule has 0 aliphatic carbocycles. The summed E-state index contributed by atoms with van der Waals surface area (Å²) in [5, 5.41) is 0. The molecule has 0 unspecified atom stereocenters. The number of ether oxygens (including phenoxy) is 1. The summed E-state index contributed by atoms with van der Waals surface area (Å²) in [6.45, 7) is 7.14. The van der Waals surface area contributed by atoms with Gasteiger partial charge in [-0.2, -0.15) is 0 Å². The third kappa shape index (κ3) is 2.76. The van der Waals surface area contributed by atoms with Crippen molar-refractivity contribution in [1.29, 1.82) is 0 Å². The normalized spacial score (nSPS) is 16.7. The van der Waals surface area contributed by atoms with Crippen LogP contribution >= 0.6 is 0 Å². The summed E-state index contributed by atoms with van der Waals surface area (Å²) in [5.74, 6) is 0.274. The van der Waals surface area contributed by atoms with E-state index in [0.717, 1.165) is 32.7 Å². The van der Waals surface area contributed by atoms with Gasteiger partial charge in [-0.15, -0.1) is 0 Å². The minimum Gasteiger partial charge on any atom is -0.465 e. The maximum Gasteiger partial charge on any atom is 0.341 e. The molecule has 1 aromatic rings. The predicted molar refractivity (Wildman–Crippen MR) is 67.7 cm³/mol. The van der Waals surface area contributed by atoms with Crippen molar-refractivity contribution in [3.63, 3.8) is 0 Å². The molecule has 0 aromatic carbocycles. The summed E-state index contributed by atoms with van der Waals surface area (Å²) in [6.07, 6.45) is 3.03. The monoisotopic (exact) mass is 250 g/mol. The molecule has 2 heterocycles. The summed E-state index contributed by atoms with van der Waals surface area (Å²) < 4.78 is 4.61. The van der Waals surface area contributed by atoms with Crippen LogP contribution in [0, 0.1) is 0 Å². The number of nitrogens with zero attached hydrogens (tertiary/aromatic N) is 4. The van der Waals surface area contributed by atoms with Gasteiger partial charge in [0.1, 0.15) is 0 Å². The highest BCUT2D eigenvalue weighted by Gasteiger charge is 2.18. The Morgan fingerprint density at radius 1 is 1.28 bits per heavy atom. The van der Waals surface area contributed by atoms with Crippen LogP contribution in [0.2, 0.25) is 0 Å². The highest BCUT2D eigenvalue weighted by atomic mass is 16.5. The molecular weight excluding hydrogens is 232 g/mol. The fraction of sp³-hybridized carbons (Fsp3) is 0.583. The third-order valence-corrected chi connectivity index (χ3v) is 3.16. The molecule has 1 fully saturated rings. The zero-order valence-corrected chi connectivity index (χ0v) is 10.8. The van der Waals surface area contributed by atoms with E-state index in [9.17, 15) is 4.79 Å². The fourth-order valence-electron chi connectivity index (χ4n) is 1.97. The molecule has 0 bridgehead atoms. The first-order valence-electron chi connectivity index (χ1n) is 6.12. The molecule has 6 heteroatoms. The van der Waals surface area contributed by atoms with Crippen molar-refractivity contribution >= 4 is 11.9 Å². The average Bonchev–Trinajstić information content (AvgIpc) is 2.47. The molecule has 6 nitrogen and oxygen atoms in total. The van der Waals surface area contributed by atoms with Crippen LogP contribution in [0.5, 0.6) is 0 Å². The van der Waals surface area contributed by atoms with Gasteiger partial charge >= 0.3 is 5.97 Å². The maximum atomic E-state index is 11.3. The number of hydrogen-bond donors (Lipinski definition) is 0. The standard InChI is InChI=1S/C12H18N4O2/c1-3-15-4-6-16(7-5-15)12-13-8-10(9-14-12)11(17)18-2/h8-9H,3-7H2,1-2H3. The molecule has 18 heavy (non-hydrogen) atoms. The Bertz CT molecular complexity index is 399. The van der Waals surface area contributed by atoms with E-state index in [1.54, 1.807) is 0 Å². The lowest BCUT2D eigenvalue weighted by molar-refractivity contribution is 0.0600. The Kier molecular flexibility index (Phi) is 4.09. The lowest BCUT2D eigenvalue weighted by atomic mass is 10.3. The smallest absolute Gasteiger partial charge is 0.341 e. The van der Waals surface area contributed by atoms with Crippen molar-refractivity contribution in [2.45, 2.75) is 6.92 Å². The number of rotatable bonds is 3. The second-order valence-electron chi connectivity index (χ2n) is 4.18. The molecule has 1 aromatic heterocycles. The number of carbonyl (C=O) groups excluding carboxylic acids is 1. The van der Waals surface area contributed by atoms with Crippen molar-refractivity contribution in [3.05, 3.63) is 18.0 Å². The zero-order chi connectivity index (χ0) is 13.0. The minimum atomic E-state index is -0.405. The van der Waals surface area contributed by atoms with Gasteiger partial charge in [0.05, 0.1) is 12.7 Å². The number of piperazine rings is 1. The highest BCUT2D eigenvalue weighted by Crippen LogP contribution is 2.11. The summed E-state index contributed by atoms with van der Waals surface area (Å²) in [6, 6.07) is 0. The summed E-state index contributed by atoms with van der Waals surface area (Å²) in [4.78, 5) is 24.2. The van der Waals surface area contributed by atoms with Crippen LogP contribution in [0.4, 0.5) is 5.95 Å². The van der Waals surface area contributed by atoms with Gasteiger partial charge in [0.2, 0.25) is 5.95 Å². The number of carbonyl (C=O) groups is 1. The van der Waals surface area contributed by atoms with E-state index in [-0.39, 0.29) is 0 Å². The fourth-order valence-corrected chi connectivity index (χ4v) is 1.97. The van der Waals surface area contributed by atoms with Crippen molar-refractivity contribution in [3.8, 4) is 0 Å². The Morgan fingerprint density at radius 2 is 1.89 bits per heavy atom. The van der Waals surface area contributed by atoms with Gasteiger partial charge in [0, 0.05) is 38.6 Å². The quantitative estimate of drug-likeness (QED) is 0.724. The first-order chi connectivity index (χ1) is 8.74. The Morgan fingerprint density at radius 3 is 2.39 bits per heavy atom. The molecule has 0 amide bonds. The van der Waals surface area contributed by atoms with E-state index in [2.05, 4.69) is 31.4 Å². The van der Waals surface area contributed by atoms with Crippen LogP contribution in [-0.4, -0.2) is 60.7 Å². The average molecular weight is 250 g/mol. The van der Waals surface area contributed by atoms with Gasteiger partial charge in [-0.1, -0.05) is 6.92 Å². The number of hydrogen-bond acceptors (Lipinski definition) is 6. The number of aromatic nitrogens is 2. The lowest BCUT2D eigenvalue weighted by Crippen LogP contribution is -2.46. The van der Waals surface area contributed by atoms with Crippen molar-refractivity contribution in [2.75, 3.05) is 44.7 Å². The second-order valence-corrected chi connectivity index (χ2v) is 4.18. The Labute approximate surface area is 107 Å². The number of anilines is 1. The SMILES string of the molecule is CCN1CCN(c2ncc(C(=O)OC)cn2)CC1. The van der Waals surface area contributed by atoms with Crippen LogP contribution in [0.25, 0.3) is 0 Å². The molecule has 98 valence electrons. The van der Waals surface area contributed by atoms with Crippen LogP contribution in [0.15, 0.2) is 12.4 Å². The van der Waals surface area contributed by atoms with Gasteiger partial charge in [-0.3, -0.25) is 0 Å². The van der Waals surface area contributed by atoms with Gasteiger partial charge in [0.25, 0.3) is 0 Å². The van der Waals surface area contributed by atoms with Gasteiger partial charge in [0.15, 0.2) is 0 Å². The van der Waals surface area contributed by atoms with Crippen LogP contribution in [-0.2, 0) is 4.74 Å². The molecule has 0 N–H and O–H groups in total. The topological polar surface area (TPSA) is 58.6 Å². The molecular formula is C12H18N4O2. The predicted octanol–water partition coefficient (Wildman–Crippen LogP) is 0.405. The maximum absolute atomic E-state index is 11.3. The van der Waals surface area contributed by atoms with Crippen molar-refractivity contribution < 1.29 is 9.53 Å². The molecule has 1 aliphatic heterocycles. The second kappa shape index (κ2) is 5.77. The van der Waals surface area contributed by atoms with E-state index in [1.807, 2.05) is 0 Å². The molecule has 0 atom stereocenters. The molecule has 0 radical (unpaired) electrons. The van der Waals surface area contributed by atoms with E-state index >= 15 is 0 Å². The molecule has 1 aliphatic rings. The summed E-state index contributed by atoms with van der Waals surface area (Å²) in [5.41, 5.74) is 0.383. The van der Waals surface area contributed by atoms with E-state index in [0.29, 0.717) is 11.5 Å². The van der Waals surface area contributed by atoms with E-state index in [1.165, 1.54) is 19.5 Å². The van der Waals surface area contributed by atoms with Crippen LogP contribution < -0.4 is 4.90 Å². The van der Waals surface area contributed by atoms with Crippen LogP contribution in [0.1, 0.15) is 17.3 Å². The molecule has 2 rings (SSSR count). The van der Waals surface area contributed by atoms with E-state index in [4.69, 9.17) is 0 Å². The highest BCUT2D eigenvalue weighted by molar-refractivity contribution is 5.88. The Balaban J connectivity index is 2.00. The number of methoxy groups -OCH3 is 1. The number of likely N-dealkylation sites (N-methyl/N-ethyl adjacent to an activating group) is 1. The summed E-state index contributed by atoms with van der Waals surface area (Å²) in [7, 11) is 1.35.